The van der Waals surface area contributed by atoms with Gasteiger partial charge in [-0.2, -0.15) is 0 Å². The van der Waals surface area contributed by atoms with Crippen LogP contribution in [0.15, 0.2) is 0 Å². The first-order valence-electron chi connectivity index (χ1n) is 33.7. The highest BCUT2D eigenvalue weighted by atomic mass is 31.2. The Hall–Kier alpha value is -1.94. The Bertz CT molecular complexity index is 1620. The van der Waals surface area contributed by atoms with E-state index in [0.29, 0.717) is 25.7 Å². The second-order valence-corrected chi connectivity index (χ2v) is 26.3. The van der Waals surface area contributed by atoms with Gasteiger partial charge in [0.25, 0.3) is 0 Å². The standard InChI is InChI=1S/C64H124O17P2/c1-6-10-13-16-19-22-23-24-25-29-34-38-43-48-62(67)75-54-60(81-64(69)50-45-40-35-30-27-26-28-31-36-41-46-57(5)9-4)56-79-83(72,73)77-52-58(65)51-76-82(70,71)78-55-59(80-63(68)49-44-39-33-21-18-15-12-8-3)53-74-61(66)47-42-37-32-20-17-14-11-7-2/h57-60,65H,6-56H2,1-5H3,(H,70,71)(H,72,73)/t57?,58-,59+,60+/m0/s1. The Kier molecular flexibility index (Phi) is 56.4. The Labute approximate surface area is 505 Å². The summed E-state index contributed by atoms with van der Waals surface area (Å²) in [6.07, 6.45) is 41.6. The van der Waals surface area contributed by atoms with E-state index in [9.17, 15) is 43.2 Å². The summed E-state index contributed by atoms with van der Waals surface area (Å²) in [4.78, 5) is 72.1. The van der Waals surface area contributed by atoms with E-state index < -0.39 is 97.5 Å². The zero-order chi connectivity index (χ0) is 61.3. The maximum atomic E-state index is 13.0. The second-order valence-electron chi connectivity index (χ2n) is 23.4. The van der Waals surface area contributed by atoms with Gasteiger partial charge in [0.05, 0.1) is 26.4 Å². The van der Waals surface area contributed by atoms with Gasteiger partial charge in [0.15, 0.2) is 12.2 Å². The molecule has 3 N–H and O–H groups in total. The maximum absolute atomic E-state index is 13.0. The number of hydrogen-bond donors (Lipinski definition) is 3. The number of ether oxygens (including phenoxy) is 4. The molecule has 0 aromatic carbocycles. The Morgan fingerprint density at radius 1 is 0.337 bits per heavy atom. The van der Waals surface area contributed by atoms with Crippen LogP contribution in [0, 0.1) is 5.92 Å². The molecule has 17 nitrogen and oxygen atoms in total. The summed E-state index contributed by atoms with van der Waals surface area (Å²) in [6.45, 7) is 7.17. The minimum absolute atomic E-state index is 0.105. The molecule has 0 aliphatic rings. The van der Waals surface area contributed by atoms with Crippen LogP contribution >= 0.6 is 15.6 Å². The number of hydrogen-bond acceptors (Lipinski definition) is 15. The lowest BCUT2D eigenvalue weighted by atomic mass is 9.99. The van der Waals surface area contributed by atoms with Crippen LogP contribution in [0.1, 0.15) is 324 Å². The van der Waals surface area contributed by atoms with Crippen LogP contribution in [0.25, 0.3) is 0 Å². The third-order valence-corrected chi connectivity index (χ3v) is 17.0. The summed E-state index contributed by atoms with van der Waals surface area (Å²) in [5.74, 6) is -1.33. The number of aliphatic hydroxyl groups excluding tert-OH is 1. The summed E-state index contributed by atoms with van der Waals surface area (Å²) in [5, 5.41) is 10.5. The van der Waals surface area contributed by atoms with Gasteiger partial charge in [-0.15, -0.1) is 0 Å². The summed E-state index contributed by atoms with van der Waals surface area (Å²) in [7, 11) is -9.88. The highest BCUT2D eigenvalue weighted by molar-refractivity contribution is 7.47. The Morgan fingerprint density at radius 2 is 0.578 bits per heavy atom. The molecule has 83 heavy (non-hydrogen) atoms. The fourth-order valence-corrected chi connectivity index (χ4v) is 11.1. The lowest BCUT2D eigenvalue weighted by Crippen LogP contribution is -2.30. The van der Waals surface area contributed by atoms with Gasteiger partial charge in [-0.3, -0.25) is 37.3 Å². The monoisotopic (exact) mass is 1230 g/mol. The Morgan fingerprint density at radius 3 is 0.855 bits per heavy atom. The minimum atomic E-state index is -4.94. The molecule has 0 aliphatic heterocycles. The smallest absolute Gasteiger partial charge is 0.462 e. The molecule has 0 aromatic heterocycles. The number of aliphatic hydroxyl groups is 1. The van der Waals surface area contributed by atoms with Gasteiger partial charge in [-0.1, -0.05) is 272 Å². The van der Waals surface area contributed by atoms with Crippen molar-refractivity contribution >= 4 is 39.5 Å². The number of rotatable bonds is 64. The number of carbonyl (C=O) groups is 4. The molecule has 0 saturated carbocycles. The fraction of sp³-hybridized carbons (Fsp3) is 0.938. The van der Waals surface area contributed by atoms with Gasteiger partial charge in [0.2, 0.25) is 0 Å². The normalized spacial score (nSPS) is 14.6. The van der Waals surface area contributed by atoms with Gasteiger partial charge >= 0.3 is 39.5 Å². The third kappa shape index (κ3) is 57.6. The highest BCUT2D eigenvalue weighted by Gasteiger charge is 2.30. The first-order valence-corrected chi connectivity index (χ1v) is 36.7. The highest BCUT2D eigenvalue weighted by Crippen LogP contribution is 2.45. The number of phosphoric ester groups is 2. The van der Waals surface area contributed by atoms with Crippen LogP contribution in [0.3, 0.4) is 0 Å². The van der Waals surface area contributed by atoms with E-state index in [1.807, 2.05) is 0 Å². The Balaban J connectivity index is 5.21. The van der Waals surface area contributed by atoms with E-state index in [0.717, 1.165) is 109 Å². The largest absolute Gasteiger partial charge is 0.472 e. The summed E-state index contributed by atoms with van der Waals surface area (Å²) in [6, 6.07) is 0. The number of unbranched alkanes of at least 4 members (excludes halogenated alkanes) is 35. The predicted octanol–water partition coefficient (Wildman–Crippen LogP) is 17.8. The number of carbonyl (C=O) groups excluding carboxylic acids is 4. The summed E-state index contributed by atoms with van der Waals surface area (Å²) >= 11 is 0. The third-order valence-electron chi connectivity index (χ3n) is 15.1. The zero-order valence-corrected chi connectivity index (χ0v) is 55.1. The van der Waals surface area contributed by atoms with E-state index in [2.05, 4.69) is 34.6 Å². The van der Waals surface area contributed by atoms with E-state index in [1.54, 1.807) is 0 Å². The van der Waals surface area contributed by atoms with Crippen LogP contribution < -0.4 is 0 Å². The lowest BCUT2D eigenvalue weighted by Gasteiger charge is -2.21. The first-order chi connectivity index (χ1) is 40.1. The topological polar surface area (TPSA) is 237 Å². The van der Waals surface area contributed by atoms with Crippen molar-refractivity contribution in [2.75, 3.05) is 39.6 Å². The zero-order valence-electron chi connectivity index (χ0n) is 53.3. The molecule has 0 radical (unpaired) electrons. The van der Waals surface area contributed by atoms with Crippen molar-refractivity contribution < 1.29 is 80.2 Å². The molecule has 0 amide bonds. The van der Waals surface area contributed by atoms with Crippen LogP contribution in [0.2, 0.25) is 0 Å². The molecule has 0 heterocycles. The first kappa shape index (κ1) is 81.1. The average Bonchev–Trinajstić information content (AvgIpc) is 3.46. The molecular formula is C64H124O17P2. The van der Waals surface area contributed by atoms with Crippen molar-refractivity contribution in [1.82, 2.24) is 0 Å². The van der Waals surface area contributed by atoms with Gasteiger partial charge < -0.3 is 33.8 Å². The molecule has 19 heteroatoms. The molecule has 6 atom stereocenters. The van der Waals surface area contributed by atoms with Crippen LogP contribution in [-0.4, -0.2) is 96.7 Å². The predicted molar refractivity (Wildman–Crippen MR) is 331 cm³/mol. The summed E-state index contributed by atoms with van der Waals surface area (Å²) < 4.78 is 67.9. The molecule has 0 rings (SSSR count). The van der Waals surface area contributed by atoms with Crippen molar-refractivity contribution in [1.29, 1.82) is 0 Å². The SMILES string of the molecule is CCCCCCCCCCCCCCCC(=O)OC[C@H](COP(=O)(O)OC[C@@H](O)COP(=O)(O)OC[C@@H](COC(=O)CCCCCCCCCC)OC(=O)CCCCCCCCCC)OC(=O)CCCCCCCCCCCCC(C)CC. The van der Waals surface area contributed by atoms with E-state index >= 15 is 0 Å². The van der Waals surface area contributed by atoms with E-state index in [1.165, 1.54) is 135 Å². The molecule has 0 aromatic rings. The summed E-state index contributed by atoms with van der Waals surface area (Å²) in [5.41, 5.74) is 0. The van der Waals surface area contributed by atoms with Gasteiger partial charge in [-0.25, -0.2) is 9.13 Å². The number of esters is 4. The molecule has 0 bridgehead atoms. The molecular weight excluding hydrogens is 1100 g/mol. The molecule has 0 aliphatic carbocycles. The molecule has 3 unspecified atom stereocenters. The quantitative estimate of drug-likeness (QED) is 0.0222. The molecule has 0 spiro atoms. The van der Waals surface area contributed by atoms with Crippen molar-refractivity contribution in [2.45, 2.75) is 342 Å². The minimum Gasteiger partial charge on any atom is -0.462 e. The van der Waals surface area contributed by atoms with Crippen LogP contribution in [-0.2, 0) is 65.4 Å². The van der Waals surface area contributed by atoms with E-state index in [-0.39, 0.29) is 25.7 Å². The van der Waals surface area contributed by atoms with Gasteiger partial charge in [-0.05, 0) is 31.6 Å². The molecule has 492 valence electrons. The molecule has 0 fully saturated rings. The van der Waals surface area contributed by atoms with Crippen molar-refractivity contribution in [2.24, 2.45) is 5.92 Å². The fourth-order valence-electron chi connectivity index (χ4n) is 9.55. The molecule has 0 saturated heterocycles. The average molecular weight is 1230 g/mol. The van der Waals surface area contributed by atoms with Crippen LogP contribution in [0.5, 0.6) is 0 Å². The van der Waals surface area contributed by atoms with Crippen molar-refractivity contribution in [3.63, 3.8) is 0 Å². The van der Waals surface area contributed by atoms with Crippen molar-refractivity contribution in [3.8, 4) is 0 Å². The van der Waals surface area contributed by atoms with E-state index in [4.69, 9.17) is 37.0 Å². The van der Waals surface area contributed by atoms with Gasteiger partial charge in [0.1, 0.15) is 19.3 Å². The lowest BCUT2D eigenvalue weighted by molar-refractivity contribution is -0.161. The van der Waals surface area contributed by atoms with Gasteiger partial charge in [0, 0.05) is 25.7 Å². The van der Waals surface area contributed by atoms with Crippen molar-refractivity contribution in [3.05, 3.63) is 0 Å². The maximum Gasteiger partial charge on any atom is 0.472 e. The van der Waals surface area contributed by atoms with Crippen LogP contribution in [0.4, 0.5) is 0 Å². The number of phosphoric acid groups is 2. The second kappa shape index (κ2) is 57.8.